The van der Waals surface area contributed by atoms with Crippen molar-refractivity contribution < 1.29 is 27.9 Å². The molecule has 0 unspecified atom stereocenters. The summed E-state index contributed by atoms with van der Waals surface area (Å²) in [6.07, 6.45) is 2.03. The number of ether oxygens (including phenoxy) is 1. The molecule has 2 aromatic rings. The summed E-state index contributed by atoms with van der Waals surface area (Å²) in [6, 6.07) is 7.18. The average molecular weight is 567 g/mol. The number of nitrogens with zero attached hydrogens (tertiary/aromatic N) is 2. The fourth-order valence-electron chi connectivity index (χ4n) is 4.93. The highest BCUT2D eigenvalue weighted by molar-refractivity contribution is 7.18. The minimum absolute atomic E-state index is 0.0137. The van der Waals surface area contributed by atoms with Crippen molar-refractivity contribution in [2.75, 3.05) is 36.5 Å². The molecule has 1 saturated heterocycles. The van der Waals surface area contributed by atoms with Crippen LogP contribution in [0.4, 0.5) is 20.2 Å². The number of hydrogen-bond donors (Lipinski definition) is 2. The summed E-state index contributed by atoms with van der Waals surface area (Å²) in [5, 5.41) is 5.55. The first kappa shape index (κ1) is 27.0. The third kappa shape index (κ3) is 6.01. The Hall–Kier alpha value is -2.60. The summed E-state index contributed by atoms with van der Waals surface area (Å²) < 4.78 is 33.8. The number of thiophene rings is 1. The van der Waals surface area contributed by atoms with Gasteiger partial charge in [0.05, 0.1) is 15.8 Å². The molecule has 1 aromatic carbocycles. The van der Waals surface area contributed by atoms with Crippen LogP contribution in [0, 0.1) is 0 Å². The summed E-state index contributed by atoms with van der Waals surface area (Å²) in [5.41, 5.74) is -0.0490. The van der Waals surface area contributed by atoms with Crippen LogP contribution in [0.25, 0.3) is 0 Å². The van der Waals surface area contributed by atoms with Crippen molar-refractivity contribution in [3.05, 3.63) is 45.1 Å². The van der Waals surface area contributed by atoms with Gasteiger partial charge in [-0.25, -0.2) is 8.78 Å². The van der Waals surface area contributed by atoms with Gasteiger partial charge in [-0.3, -0.25) is 19.3 Å². The van der Waals surface area contributed by atoms with E-state index in [0.29, 0.717) is 21.5 Å². The number of nitrogens with one attached hydrogen (secondary N) is 2. The zero-order valence-corrected chi connectivity index (χ0v) is 22.2. The molecule has 3 amide bonds. The Labute approximate surface area is 228 Å². The number of benzene rings is 1. The molecule has 8 nitrogen and oxygen atoms in total. The molecule has 204 valence electrons. The van der Waals surface area contributed by atoms with Gasteiger partial charge < -0.3 is 20.3 Å². The van der Waals surface area contributed by atoms with E-state index in [-0.39, 0.29) is 54.8 Å². The van der Waals surface area contributed by atoms with Crippen LogP contribution in [-0.4, -0.2) is 67.1 Å². The first-order chi connectivity index (χ1) is 18.3. The monoisotopic (exact) mass is 566 g/mol. The van der Waals surface area contributed by atoms with Crippen LogP contribution >= 0.6 is 22.9 Å². The Balaban J connectivity index is 1.36. The summed E-state index contributed by atoms with van der Waals surface area (Å²) >= 11 is 7.11. The molecule has 1 aliphatic heterocycles. The number of halogens is 3. The second-order valence-corrected chi connectivity index (χ2v) is 11.5. The van der Waals surface area contributed by atoms with E-state index in [1.165, 1.54) is 17.0 Å². The third-order valence-corrected chi connectivity index (χ3v) is 8.44. The van der Waals surface area contributed by atoms with Crippen molar-refractivity contribution >= 4 is 52.0 Å². The van der Waals surface area contributed by atoms with Gasteiger partial charge in [-0.2, -0.15) is 0 Å². The molecule has 1 aromatic heterocycles. The van der Waals surface area contributed by atoms with Crippen LogP contribution in [0.5, 0.6) is 0 Å². The van der Waals surface area contributed by atoms with E-state index in [4.69, 9.17) is 16.3 Å². The van der Waals surface area contributed by atoms with Gasteiger partial charge in [-0.15, -0.1) is 11.3 Å². The Morgan fingerprint density at radius 1 is 1.16 bits per heavy atom. The number of anilines is 2. The topological polar surface area (TPSA) is 91.0 Å². The largest absolute Gasteiger partial charge is 0.370 e. The Bertz CT molecular complexity index is 1200. The van der Waals surface area contributed by atoms with Crippen LogP contribution in [0.2, 0.25) is 4.34 Å². The quantitative estimate of drug-likeness (QED) is 0.443. The van der Waals surface area contributed by atoms with Crippen molar-refractivity contribution in [2.45, 2.75) is 56.7 Å². The summed E-state index contributed by atoms with van der Waals surface area (Å²) in [7, 11) is 0. The van der Waals surface area contributed by atoms with Gasteiger partial charge in [-0.1, -0.05) is 18.0 Å². The van der Waals surface area contributed by atoms with Gasteiger partial charge in [0, 0.05) is 42.1 Å². The van der Waals surface area contributed by atoms with E-state index >= 15 is 0 Å². The molecular formula is C26H29ClF2N4O4S. The molecule has 2 aliphatic carbocycles. The molecule has 12 heteroatoms. The minimum atomic E-state index is -2.87. The molecule has 2 saturated carbocycles. The van der Waals surface area contributed by atoms with Crippen LogP contribution in [0.3, 0.4) is 0 Å². The fourth-order valence-corrected chi connectivity index (χ4v) is 5.89. The first-order valence-electron chi connectivity index (χ1n) is 12.7. The van der Waals surface area contributed by atoms with Gasteiger partial charge in [-0.05, 0) is 56.0 Å². The van der Waals surface area contributed by atoms with Crippen LogP contribution in [0.1, 0.15) is 53.8 Å². The van der Waals surface area contributed by atoms with Crippen molar-refractivity contribution in [1.82, 2.24) is 10.2 Å². The van der Waals surface area contributed by atoms with Crippen LogP contribution in [-0.2, 0) is 14.3 Å². The van der Waals surface area contributed by atoms with Crippen molar-refractivity contribution in [2.24, 2.45) is 0 Å². The molecule has 1 atom stereocenters. The van der Waals surface area contributed by atoms with E-state index in [1.807, 2.05) is 0 Å². The molecule has 3 aliphatic rings. The average Bonchev–Trinajstić information content (AvgIpc) is 3.61. The second-order valence-electron chi connectivity index (χ2n) is 9.75. The molecule has 0 bridgehead atoms. The lowest BCUT2D eigenvalue weighted by molar-refractivity contribution is -0.125. The number of carbonyl (C=O) groups is 3. The number of amides is 3. The Kier molecular flexibility index (Phi) is 8.27. The zero-order valence-electron chi connectivity index (χ0n) is 20.6. The number of rotatable bonds is 10. The normalized spacial score (nSPS) is 19.0. The SMILES string of the molecule is O=C(NC[C@H](C(=O)Nc1ccc(N2CCOCC2=O)cc1C(F)F)N(C1CCC1)C1CC1)c1ccc(Cl)s1. The highest BCUT2D eigenvalue weighted by Crippen LogP contribution is 2.38. The van der Waals surface area contributed by atoms with Crippen molar-refractivity contribution in [3.8, 4) is 0 Å². The molecule has 0 radical (unpaired) electrons. The zero-order chi connectivity index (χ0) is 26.8. The minimum Gasteiger partial charge on any atom is -0.370 e. The number of carbonyl (C=O) groups excluding carboxylic acids is 3. The van der Waals surface area contributed by atoms with Crippen molar-refractivity contribution in [3.63, 3.8) is 0 Å². The fraction of sp³-hybridized carbons (Fsp3) is 0.500. The maximum Gasteiger partial charge on any atom is 0.265 e. The predicted octanol–water partition coefficient (Wildman–Crippen LogP) is 4.46. The van der Waals surface area contributed by atoms with Crippen LogP contribution in [0.15, 0.2) is 30.3 Å². The maximum absolute atomic E-state index is 14.1. The van der Waals surface area contributed by atoms with E-state index in [1.54, 1.807) is 18.2 Å². The highest BCUT2D eigenvalue weighted by Gasteiger charge is 2.43. The van der Waals surface area contributed by atoms with Gasteiger partial charge >= 0.3 is 0 Å². The third-order valence-electron chi connectivity index (χ3n) is 7.21. The Morgan fingerprint density at radius 2 is 1.92 bits per heavy atom. The summed E-state index contributed by atoms with van der Waals surface area (Å²) in [6.45, 7) is 0.517. The number of hydrogen-bond acceptors (Lipinski definition) is 6. The summed E-state index contributed by atoms with van der Waals surface area (Å²) in [5.74, 6) is -1.10. The lowest BCUT2D eigenvalue weighted by atomic mass is 9.89. The molecule has 2 heterocycles. The lowest BCUT2D eigenvalue weighted by Gasteiger charge is -2.42. The van der Waals surface area contributed by atoms with E-state index in [0.717, 1.165) is 43.4 Å². The van der Waals surface area contributed by atoms with Gasteiger partial charge in [0.25, 0.3) is 18.2 Å². The van der Waals surface area contributed by atoms with E-state index in [2.05, 4.69) is 15.5 Å². The lowest BCUT2D eigenvalue weighted by Crippen LogP contribution is -2.57. The standard InChI is InChI=1S/C26H29ClF2N4O4S/c27-22-9-8-21(38-22)26(36)30-13-20(33(16-4-5-16)15-2-1-3-15)25(35)31-19-7-6-17(12-18(19)24(28)29)32-10-11-37-14-23(32)34/h6-9,12,15-16,20,24H,1-5,10-11,13-14H2,(H,30,36)(H,31,35)/t20-/m1/s1. The van der Waals surface area contributed by atoms with Crippen molar-refractivity contribution in [1.29, 1.82) is 0 Å². The van der Waals surface area contributed by atoms with Gasteiger partial charge in [0.15, 0.2) is 0 Å². The van der Waals surface area contributed by atoms with E-state index < -0.39 is 18.4 Å². The van der Waals surface area contributed by atoms with Crippen LogP contribution < -0.4 is 15.5 Å². The predicted molar refractivity (Wildman–Crippen MR) is 141 cm³/mol. The molecule has 0 spiro atoms. The highest BCUT2D eigenvalue weighted by atomic mass is 35.5. The molecular weight excluding hydrogens is 538 g/mol. The Morgan fingerprint density at radius 3 is 2.53 bits per heavy atom. The van der Waals surface area contributed by atoms with E-state index in [9.17, 15) is 23.2 Å². The molecule has 38 heavy (non-hydrogen) atoms. The maximum atomic E-state index is 14.1. The van der Waals surface area contributed by atoms with Gasteiger partial charge in [0.1, 0.15) is 12.6 Å². The number of alkyl halides is 2. The second kappa shape index (κ2) is 11.6. The first-order valence-corrected chi connectivity index (χ1v) is 13.9. The molecule has 2 N–H and O–H groups in total. The molecule has 3 fully saturated rings. The number of morpholine rings is 1. The smallest absolute Gasteiger partial charge is 0.265 e. The van der Waals surface area contributed by atoms with Gasteiger partial charge in [0.2, 0.25) is 5.91 Å². The molecule has 5 rings (SSSR count). The summed E-state index contributed by atoms with van der Waals surface area (Å²) in [4.78, 5) is 42.6.